The minimum atomic E-state index is -1.07. The van der Waals surface area contributed by atoms with E-state index in [0.29, 0.717) is 124 Å². The number of aromatic carboxylic acids is 1. The fourth-order valence-electron chi connectivity index (χ4n) is 8.54. The Bertz CT molecular complexity index is 2770. The summed E-state index contributed by atoms with van der Waals surface area (Å²) in [5.74, 6) is -1.81. The number of carbonyl (C=O) groups excluding carboxylic acids is 3. The Kier molecular flexibility index (Phi) is 14.2. The number of para-hydroxylation sites is 1. The number of nitrogens with zero attached hydrogens (tertiary/aromatic N) is 7. The molecule has 4 N–H and O–H groups in total. The van der Waals surface area contributed by atoms with E-state index in [1.165, 1.54) is 22.7 Å². The van der Waals surface area contributed by atoms with Gasteiger partial charge in [0.25, 0.3) is 5.91 Å². The van der Waals surface area contributed by atoms with Crippen molar-refractivity contribution in [3.8, 4) is 0 Å². The first-order valence-electron chi connectivity index (χ1n) is 22.2. The summed E-state index contributed by atoms with van der Waals surface area (Å²) in [6, 6.07) is 19.1. The summed E-state index contributed by atoms with van der Waals surface area (Å²) in [6.07, 6.45) is 4.45. The Morgan fingerprint density at radius 3 is 2.57 bits per heavy atom. The summed E-state index contributed by atoms with van der Waals surface area (Å²) in [7, 11) is 0. The van der Waals surface area contributed by atoms with Gasteiger partial charge in [0, 0.05) is 72.1 Å². The summed E-state index contributed by atoms with van der Waals surface area (Å²) in [6.45, 7) is 9.36. The Morgan fingerprint density at radius 2 is 1.73 bits per heavy atom. The molecule has 1 unspecified atom stereocenters. The van der Waals surface area contributed by atoms with Crippen molar-refractivity contribution >= 4 is 78.2 Å². The van der Waals surface area contributed by atoms with Gasteiger partial charge in [0.2, 0.25) is 11.8 Å². The van der Waals surface area contributed by atoms with Crippen molar-refractivity contribution in [1.82, 2.24) is 35.2 Å². The maximum atomic E-state index is 13.5. The van der Waals surface area contributed by atoms with Gasteiger partial charge in [-0.25, -0.2) is 14.8 Å². The lowest BCUT2D eigenvalue weighted by atomic mass is 9.94. The Hall–Kier alpha value is -6.58. The Labute approximate surface area is 393 Å². The number of aryl methyl sites for hydroxylation is 2. The molecule has 0 spiro atoms. The maximum absolute atomic E-state index is 13.5. The van der Waals surface area contributed by atoms with Crippen LogP contribution in [0.3, 0.4) is 0 Å². The number of amides is 3. The van der Waals surface area contributed by atoms with Crippen molar-refractivity contribution in [3.63, 3.8) is 0 Å². The van der Waals surface area contributed by atoms with Crippen molar-refractivity contribution < 1.29 is 38.5 Å². The highest BCUT2D eigenvalue weighted by molar-refractivity contribution is 7.22. The number of piperidine rings is 1. The molecule has 348 valence electrons. The zero-order valence-electron chi connectivity index (χ0n) is 36.7. The normalized spacial score (nSPS) is 15.8. The summed E-state index contributed by atoms with van der Waals surface area (Å²) >= 11 is 2.80. The first kappa shape index (κ1) is 45.6. The number of hydrogen-bond donors (Lipinski definition) is 4. The number of hydrogen-bond acceptors (Lipinski definition) is 16. The second-order valence-electron chi connectivity index (χ2n) is 16.3. The van der Waals surface area contributed by atoms with Crippen LogP contribution in [0.15, 0.2) is 73.4 Å². The minimum Gasteiger partial charge on any atom is -0.476 e. The molecule has 0 radical (unpaired) electrons. The zero-order chi connectivity index (χ0) is 46.3. The second kappa shape index (κ2) is 20.9. The fraction of sp³-hybridized carbons (Fsp3) is 0.362. The molecule has 18 nitrogen and oxygen atoms in total. The van der Waals surface area contributed by atoms with Crippen LogP contribution in [0.25, 0.3) is 15.9 Å². The number of ether oxygens (including phenoxy) is 3. The van der Waals surface area contributed by atoms with E-state index >= 15 is 0 Å². The zero-order valence-corrected chi connectivity index (χ0v) is 38.3. The molecule has 3 aliphatic heterocycles. The van der Waals surface area contributed by atoms with Crippen LogP contribution in [0, 0.1) is 0 Å². The number of anilines is 3. The number of rotatable bonds is 21. The van der Waals surface area contributed by atoms with E-state index < -0.39 is 12.0 Å². The van der Waals surface area contributed by atoms with Crippen molar-refractivity contribution in [2.45, 2.75) is 64.4 Å². The average molecular weight is 947 g/mol. The molecule has 9 rings (SSSR count). The first-order valence-corrected chi connectivity index (χ1v) is 23.8. The number of benzene rings is 3. The van der Waals surface area contributed by atoms with Crippen LogP contribution in [0.5, 0.6) is 0 Å². The fourth-order valence-corrected chi connectivity index (χ4v) is 10.5. The van der Waals surface area contributed by atoms with E-state index in [9.17, 15) is 24.3 Å². The van der Waals surface area contributed by atoms with E-state index in [2.05, 4.69) is 47.7 Å². The number of carboxylic acids is 1. The van der Waals surface area contributed by atoms with Gasteiger partial charge in [-0.1, -0.05) is 59.5 Å². The van der Waals surface area contributed by atoms with Gasteiger partial charge in [-0.15, -0.1) is 16.4 Å². The van der Waals surface area contributed by atoms with Crippen LogP contribution >= 0.6 is 22.7 Å². The van der Waals surface area contributed by atoms with E-state index in [-0.39, 0.29) is 30.0 Å². The summed E-state index contributed by atoms with van der Waals surface area (Å²) < 4.78 is 19.9. The molecule has 6 heterocycles. The molecule has 1 atom stereocenters. The lowest BCUT2D eigenvalue weighted by molar-refractivity contribution is -0.136. The summed E-state index contributed by atoms with van der Waals surface area (Å²) in [5, 5.41) is 28.5. The molecular formula is C47H50N10O8S2. The highest BCUT2D eigenvalue weighted by Gasteiger charge is 2.37. The van der Waals surface area contributed by atoms with E-state index in [0.717, 1.165) is 43.9 Å². The monoisotopic (exact) mass is 946 g/mol. The lowest BCUT2D eigenvalue weighted by Crippen LogP contribution is -2.50. The molecule has 3 amide bonds. The van der Waals surface area contributed by atoms with Crippen LogP contribution in [0.4, 0.5) is 16.0 Å². The predicted molar refractivity (Wildman–Crippen MR) is 253 cm³/mol. The molecule has 6 aromatic rings. The van der Waals surface area contributed by atoms with Crippen molar-refractivity contribution in [2.24, 2.45) is 0 Å². The van der Waals surface area contributed by atoms with Crippen LogP contribution in [0.1, 0.15) is 72.9 Å². The molecule has 0 bridgehead atoms. The van der Waals surface area contributed by atoms with Crippen LogP contribution in [0.2, 0.25) is 0 Å². The van der Waals surface area contributed by atoms with Gasteiger partial charge in [-0.2, -0.15) is 0 Å². The van der Waals surface area contributed by atoms with Gasteiger partial charge in [0.1, 0.15) is 11.7 Å². The minimum absolute atomic E-state index is 0.0481. The van der Waals surface area contributed by atoms with Crippen molar-refractivity contribution in [1.29, 1.82) is 0 Å². The number of carbonyl (C=O) groups is 4. The second-order valence-corrected chi connectivity index (χ2v) is 18.4. The molecule has 3 aromatic carbocycles. The van der Waals surface area contributed by atoms with Gasteiger partial charge < -0.3 is 34.4 Å². The number of imide groups is 1. The summed E-state index contributed by atoms with van der Waals surface area (Å²) in [5.41, 5.74) is 7.93. The van der Waals surface area contributed by atoms with Gasteiger partial charge in [-0.05, 0) is 61.1 Å². The third-order valence-electron chi connectivity index (χ3n) is 11.9. The highest BCUT2D eigenvalue weighted by Crippen LogP contribution is 2.39. The van der Waals surface area contributed by atoms with E-state index in [4.69, 9.17) is 14.2 Å². The highest BCUT2D eigenvalue weighted by atomic mass is 32.1. The topological polar surface area (TPSA) is 215 Å². The molecular weight excluding hydrogens is 897 g/mol. The quantitative estimate of drug-likeness (QED) is 0.0500. The average Bonchev–Trinajstić information content (AvgIpc) is 4.14. The third kappa shape index (κ3) is 10.7. The molecule has 0 aliphatic carbocycles. The van der Waals surface area contributed by atoms with Gasteiger partial charge in [0.05, 0.1) is 56.1 Å². The Balaban J connectivity index is 0.661. The van der Waals surface area contributed by atoms with Gasteiger partial charge in [-0.3, -0.25) is 29.7 Å². The van der Waals surface area contributed by atoms with Crippen LogP contribution < -0.4 is 20.9 Å². The van der Waals surface area contributed by atoms with Crippen molar-refractivity contribution in [3.05, 3.63) is 118 Å². The first-order chi connectivity index (χ1) is 32.7. The maximum Gasteiger partial charge on any atom is 0.355 e. The van der Waals surface area contributed by atoms with Crippen LogP contribution in [-0.2, 0) is 62.9 Å². The number of nitrogens with one attached hydrogen (secondary N) is 3. The summed E-state index contributed by atoms with van der Waals surface area (Å²) in [4.78, 5) is 63.8. The molecule has 1 fully saturated rings. The molecule has 3 aliphatic rings. The number of fused-ring (bicyclic) bond motifs is 3. The van der Waals surface area contributed by atoms with Gasteiger partial charge >= 0.3 is 5.97 Å². The smallest absolute Gasteiger partial charge is 0.355 e. The standard InChI is InChI=1S/C47H50N10O8S2/c1-29-32-8-5-11-36(35(32)27-57(29)38-14-15-41(58)50-44(38)60)48-17-20-63-21-22-64-23-24-65-28-31-25-56(54-53-31)18-6-13-40-42(45(61)62)51-47(67-40)55-19-16-30-7-4-9-33(34(30)26-55)43(59)52-46-49-37-10-2-3-12-39(37)66-46/h2-5,7-12,25,38,48H,1,6,13-24,26-28H2,(H,61,62)(H,49,52,59)(H,50,58,60). The molecule has 3 aromatic heterocycles. The number of thiazole rings is 2. The van der Waals surface area contributed by atoms with Crippen molar-refractivity contribution in [2.75, 3.05) is 61.7 Å². The number of carboxylic acid groups (broad SMARTS) is 1. The van der Waals surface area contributed by atoms with Gasteiger partial charge in [0.15, 0.2) is 16.0 Å². The number of aromatic nitrogens is 5. The SMILES string of the molecule is C=C1c2cccc(NCCOCCOCCOCc3cn(CCCc4sc(N5CCc6cccc(C(=O)Nc7nc8ccccc8s7)c6C5)nc4C(=O)O)nn3)c2CN1C1CCC(=O)NC1=O. The predicted octanol–water partition coefficient (Wildman–Crippen LogP) is 5.74. The molecule has 1 saturated heterocycles. The third-order valence-corrected chi connectivity index (χ3v) is 14.0. The van der Waals surface area contributed by atoms with E-state index in [1.807, 2.05) is 71.8 Å². The molecule has 0 saturated carbocycles. The molecule has 20 heteroatoms. The lowest BCUT2D eigenvalue weighted by Gasteiger charge is -2.31. The molecule has 67 heavy (non-hydrogen) atoms. The van der Waals surface area contributed by atoms with Crippen LogP contribution in [-0.4, -0.2) is 111 Å². The Morgan fingerprint density at radius 1 is 0.910 bits per heavy atom. The van der Waals surface area contributed by atoms with E-state index in [1.54, 1.807) is 4.68 Å². The largest absolute Gasteiger partial charge is 0.476 e.